The van der Waals surface area contributed by atoms with Crippen molar-refractivity contribution in [2.75, 3.05) is 26.2 Å². The van der Waals surface area contributed by atoms with Gasteiger partial charge >= 0.3 is 0 Å². The quantitative estimate of drug-likeness (QED) is 0.779. The first kappa shape index (κ1) is 23.1. The van der Waals surface area contributed by atoms with E-state index in [9.17, 15) is 13.2 Å². The van der Waals surface area contributed by atoms with Crippen molar-refractivity contribution in [1.82, 2.24) is 9.21 Å². The first-order valence-electron chi connectivity index (χ1n) is 9.92. The molecule has 8 heteroatoms. The van der Waals surface area contributed by atoms with E-state index in [1.165, 1.54) is 4.31 Å². The van der Waals surface area contributed by atoms with Gasteiger partial charge in [0.05, 0.1) is 4.90 Å². The Bertz CT molecular complexity index is 759. The van der Waals surface area contributed by atoms with Gasteiger partial charge in [0.15, 0.2) is 0 Å². The summed E-state index contributed by atoms with van der Waals surface area (Å²) in [4.78, 5) is 14.6. The molecule has 6 nitrogen and oxygen atoms in total. The Labute approximate surface area is 174 Å². The predicted octanol–water partition coefficient (Wildman–Crippen LogP) is 2.58. The molecular formula is C20H32ClN3O3S. The monoisotopic (exact) mass is 429 g/mol. The van der Waals surface area contributed by atoms with Gasteiger partial charge in [0, 0.05) is 38.6 Å². The molecule has 0 radical (unpaired) electrons. The van der Waals surface area contributed by atoms with Gasteiger partial charge in [-0.15, -0.1) is 12.4 Å². The number of carbonyl (C=O) groups excluding carboxylic acids is 1. The van der Waals surface area contributed by atoms with Crippen LogP contribution in [-0.2, 0) is 14.8 Å². The van der Waals surface area contributed by atoms with Crippen molar-refractivity contribution in [3.8, 4) is 0 Å². The summed E-state index contributed by atoms with van der Waals surface area (Å²) in [6.45, 7) is 5.75. The van der Waals surface area contributed by atoms with E-state index < -0.39 is 10.0 Å². The molecule has 1 aromatic rings. The van der Waals surface area contributed by atoms with Crippen LogP contribution in [0, 0.1) is 5.92 Å². The second-order valence-corrected chi connectivity index (χ2v) is 10.0. The van der Waals surface area contributed by atoms with Gasteiger partial charge in [0.1, 0.15) is 0 Å². The van der Waals surface area contributed by atoms with E-state index >= 15 is 0 Å². The van der Waals surface area contributed by atoms with Crippen LogP contribution in [0.3, 0.4) is 0 Å². The maximum absolute atomic E-state index is 12.9. The van der Waals surface area contributed by atoms with Crippen LogP contribution in [0.4, 0.5) is 0 Å². The number of hydrogen-bond donors (Lipinski definition) is 1. The predicted molar refractivity (Wildman–Crippen MR) is 113 cm³/mol. The van der Waals surface area contributed by atoms with E-state index in [0.29, 0.717) is 43.4 Å². The molecule has 1 aromatic carbocycles. The molecule has 28 heavy (non-hydrogen) atoms. The molecule has 2 atom stereocenters. The van der Waals surface area contributed by atoms with Crippen LogP contribution in [0.2, 0.25) is 0 Å². The standard InChI is InChI=1S/C20H31N3O3S.ClH/c1-15(2)16-6-8-18(9-7-16)27(25,26)23-12-10-22(11-13-23)20(24)14-17-4-3-5-19(17)21;/h6-9,15,17,19H,3-5,10-14,21H2,1-2H3;1H/t17-,19+;/m0./s1. The summed E-state index contributed by atoms with van der Waals surface area (Å²) in [5, 5.41) is 0. The molecule has 1 aliphatic heterocycles. The third-order valence-electron chi connectivity index (χ3n) is 5.93. The molecule has 2 aliphatic rings. The van der Waals surface area contributed by atoms with Crippen LogP contribution in [0.1, 0.15) is 51.0 Å². The van der Waals surface area contributed by atoms with E-state index in [1.54, 1.807) is 17.0 Å². The summed E-state index contributed by atoms with van der Waals surface area (Å²) in [5.74, 6) is 0.749. The van der Waals surface area contributed by atoms with Crippen molar-refractivity contribution in [3.05, 3.63) is 29.8 Å². The molecule has 2 fully saturated rings. The van der Waals surface area contributed by atoms with E-state index in [2.05, 4.69) is 13.8 Å². The molecule has 2 N–H and O–H groups in total. The number of hydrogen-bond acceptors (Lipinski definition) is 4. The third-order valence-corrected chi connectivity index (χ3v) is 7.84. The Morgan fingerprint density at radius 1 is 1.11 bits per heavy atom. The Hall–Kier alpha value is -1.15. The van der Waals surface area contributed by atoms with Gasteiger partial charge in [-0.2, -0.15) is 4.31 Å². The molecule has 0 aromatic heterocycles. The summed E-state index contributed by atoms with van der Waals surface area (Å²) < 4.78 is 27.2. The largest absolute Gasteiger partial charge is 0.340 e. The topological polar surface area (TPSA) is 83.7 Å². The molecule has 1 amide bonds. The highest BCUT2D eigenvalue weighted by atomic mass is 35.5. The minimum atomic E-state index is -3.51. The van der Waals surface area contributed by atoms with Crippen LogP contribution >= 0.6 is 12.4 Å². The molecular weight excluding hydrogens is 398 g/mol. The molecule has 3 rings (SSSR count). The lowest BCUT2D eigenvalue weighted by atomic mass is 9.99. The molecule has 0 spiro atoms. The molecule has 1 heterocycles. The Morgan fingerprint density at radius 3 is 2.21 bits per heavy atom. The fraction of sp³-hybridized carbons (Fsp3) is 0.650. The van der Waals surface area contributed by atoms with Crippen LogP contribution < -0.4 is 5.73 Å². The minimum Gasteiger partial charge on any atom is -0.340 e. The fourth-order valence-corrected chi connectivity index (χ4v) is 5.45. The summed E-state index contributed by atoms with van der Waals surface area (Å²) >= 11 is 0. The maximum Gasteiger partial charge on any atom is 0.243 e. The van der Waals surface area contributed by atoms with Gasteiger partial charge in [-0.25, -0.2) is 8.42 Å². The number of nitrogens with two attached hydrogens (primary N) is 1. The zero-order valence-corrected chi connectivity index (χ0v) is 18.3. The number of rotatable bonds is 5. The number of amides is 1. The highest BCUT2D eigenvalue weighted by molar-refractivity contribution is 7.89. The van der Waals surface area contributed by atoms with Crippen molar-refractivity contribution < 1.29 is 13.2 Å². The number of halogens is 1. The van der Waals surface area contributed by atoms with E-state index in [0.717, 1.165) is 24.8 Å². The normalized spacial score (nSPS) is 23.6. The van der Waals surface area contributed by atoms with Gasteiger partial charge in [0.25, 0.3) is 0 Å². The van der Waals surface area contributed by atoms with Crippen molar-refractivity contribution in [1.29, 1.82) is 0 Å². The lowest BCUT2D eigenvalue weighted by molar-refractivity contribution is -0.133. The fourth-order valence-electron chi connectivity index (χ4n) is 4.02. The molecule has 158 valence electrons. The molecule has 1 saturated carbocycles. The first-order valence-corrected chi connectivity index (χ1v) is 11.4. The molecule has 0 bridgehead atoms. The van der Waals surface area contributed by atoms with Crippen LogP contribution in [-0.4, -0.2) is 55.8 Å². The number of piperazine rings is 1. The average Bonchev–Trinajstić information content (AvgIpc) is 3.06. The Kier molecular flexibility index (Phi) is 7.90. The summed E-state index contributed by atoms with van der Waals surface area (Å²) in [6.07, 6.45) is 3.61. The van der Waals surface area contributed by atoms with Gasteiger partial charge in [-0.3, -0.25) is 4.79 Å². The minimum absolute atomic E-state index is 0. The van der Waals surface area contributed by atoms with Gasteiger partial charge < -0.3 is 10.6 Å². The Balaban J connectivity index is 0.00000280. The van der Waals surface area contributed by atoms with E-state index in [1.807, 2.05) is 12.1 Å². The SMILES string of the molecule is CC(C)c1ccc(S(=O)(=O)N2CCN(C(=O)C[C@@H]3CCC[C@H]3N)CC2)cc1.Cl. The van der Waals surface area contributed by atoms with E-state index in [-0.39, 0.29) is 30.3 Å². The van der Waals surface area contributed by atoms with Gasteiger partial charge in [-0.05, 0) is 42.4 Å². The molecule has 1 saturated heterocycles. The second-order valence-electron chi connectivity index (χ2n) is 8.07. The van der Waals surface area contributed by atoms with Gasteiger partial charge in [-0.1, -0.05) is 32.4 Å². The third kappa shape index (κ3) is 5.06. The highest BCUT2D eigenvalue weighted by Crippen LogP contribution is 2.28. The van der Waals surface area contributed by atoms with Gasteiger partial charge in [0.2, 0.25) is 15.9 Å². The van der Waals surface area contributed by atoms with Crippen LogP contribution in [0.5, 0.6) is 0 Å². The van der Waals surface area contributed by atoms with Crippen molar-refractivity contribution >= 4 is 28.3 Å². The first-order chi connectivity index (χ1) is 12.8. The Morgan fingerprint density at radius 2 is 1.71 bits per heavy atom. The molecule has 0 unspecified atom stereocenters. The molecule has 1 aliphatic carbocycles. The summed E-state index contributed by atoms with van der Waals surface area (Å²) in [5.41, 5.74) is 7.19. The van der Waals surface area contributed by atoms with Crippen molar-refractivity contribution in [2.24, 2.45) is 11.7 Å². The zero-order chi connectivity index (χ0) is 19.6. The summed E-state index contributed by atoms with van der Waals surface area (Å²) in [7, 11) is -3.51. The number of benzene rings is 1. The maximum atomic E-state index is 12.9. The van der Waals surface area contributed by atoms with E-state index in [4.69, 9.17) is 5.73 Å². The number of sulfonamides is 1. The summed E-state index contributed by atoms with van der Waals surface area (Å²) in [6, 6.07) is 7.25. The zero-order valence-electron chi connectivity index (χ0n) is 16.7. The average molecular weight is 430 g/mol. The lowest BCUT2D eigenvalue weighted by Gasteiger charge is -2.34. The van der Waals surface area contributed by atoms with Crippen LogP contribution in [0.15, 0.2) is 29.2 Å². The van der Waals surface area contributed by atoms with Crippen LogP contribution in [0.25, 0.3) is 0 Å². The smallest absolute Gasteiger partial charge is 0.243 e. The van der Waals surface area contributed by atoms with Crippen molar-refractivity contribution in [3.63, 3.8) is 0 Å². The number of nitrogens with zero attached hydrogens (tertiary/aromatic N) is 2. The van der Waals surface area contributed by atoms with Crippen molar-refractivity contribution in [2.45, 2.75) is 56.4 Å². The lowest BCUT2D eigenvalue weighted by Crippen LogP contribution is -2.51. The number of carbonyl (C=O) groups is 1. The second kappa shape index (κ2) is 9.57. The highest BCUT2D eigenvalue weighted by Gasteiger charge is 2.32.